The summed E-state index contributed by atoms with van der Waals surface area (Å²) in [5, 5.41) is 22.8. The Labute approximate surface area is 369 Å². The molecule has 0 spiro atoms. The highest BCUT2D eigenvalue weighted by Gasteiger charge is 2.17. The van der Waals surface area contributed by atoms with Crippen LogP contribution >= 0.6 is 0 Å². The Bertz CT molecular complexity index is 1350. The summed E-state index contributed by atoms with van der Waals surface area (Å²) in [6.45, 7) is 4.12. The lowest BCUT2D eigenvalue weighted by Gasteiger charge is -2.19. The Hall–Kier alpha value is -3.99. The van der Waals surface area contributed by atoms with Crippen LogP contribution in [-0.4, -0.2) is 34.9 Å². The SMILES string of the molecule is CC/C=C\C/C=C\C/C=C\C/C=C\C/C=C\C/C=C\C/C=C\C/C=C\C/C=C\C/C=C\C/C=C\C/C=C\CCCCC(=O)NC(CO)C(O)/C=C/CCCCCCCCC. The zero-order valence-electron chi connectivity index (χ0n) is 38.1. The van der Waals surface area contributed by atoms with Gasteiger partial charge in [-0.05, 0) is 109 Å². The van der Waals surface area contributed by atoms with Gasteiger partial charge in [0.05, 0.1) is 18.8 Å². The van der Waals surface area contributed by atoms with Gasteiger partial charge in [0.1, 0.15) is 0 Å². The first-order valence-corrected chi connectivity index (χ1v) is 23.7. The van der Waals surface area contributed by atoms with E-state index in [-0.39, 0.29) is 12.5 Å². The minimum Gasteiger partial charge on any atom is -0.394 e. The van der Waals surface area contributed by atoms with Gasteiger partial charge in [0, 0.05) is 6.42 Å². The van der Waals surface area contributed by atoms with Crippen molar-refractivity contribution < 1.29 is 15.0 Å². The van der Waals surface area contributed by atoms with Crippen molar-refractivity contribution in [3.63, 3.8) is 0 Å². The first-order valence-electron chi connectivity index (χ1n) is 23.7. The normalized spacial score (nSPS) is 14.4. The standard InChI is InChI=1S/C56H87NO3/c1-3-5-7-9-11-13-14-15-16-17-18-19-20-21-22-23-24-25-26-27-28-29-30-31-32-33-34-35-36-37-38-39-40-41-42-44-46-48-50-52-56(60)57-54(53-58)55(59)51-49-47-45-43-12-10-8-6-4-2/h5,7,11,13,15-16,18-19,21-22,24-25,27-28,30-31,33-34,36-37,39-40,42,44,49,51,54-55,58-59H,3-4,6,8-10,12,14,17,20,23,26,29,32,35,38,41,43,45-48,50,52-53H2,1-2H3,(H,57,60)/b7-5-,13-11-,16-15-,19-18-,22-21-,25-24-,28-27-,31-30-,34-33-,37-36-,40-39-,44-42-,51-49+. The molecule has 0 aliphatic rings. The van der Waals surface area contributed by atoms with Crippen LogP contribution in [0.25, 0.3) is 0 Å². The molecule has 4 heteroatoms. The number of unbranched alkanes of at least 4 members (excludes halogenated alkanes) is 9. The highest BCUT2D eigenvalue weighted by atomic mass is 16.3. The minimum absolute atomic E-state index is 0.117. The number of allylic oxidation sites excluding steroid dienone is 25. The van der Waals surface area contributed by atoms with Crippen LogP contribution in [-0.2, 0) is 4.79 Å². The number of hydrogen-bond acceptors (Lipinski definition) is 3. The molecule has 0 fully saturated rings. The molecule has 0 aromatic rings. The van der Waals surface area contributed by atoms with Crippen LogP contribution in [0.4, 0.5) is 0 Å². The van der Waals surface area contributed by atoms with E-state index in [2.05, 4.69) is 165 Å². The molecule has 0 aromatic heterocycles. The van der Waals surface area contributed by atoms with Crippen LogP contribution in [0.3, 0.4) is 0 Å². The van der Waals surface area contributed by atoms with Gasteiger partial charge in [0.25, 0.3) is 0 Å². The Balaban J connectivity index is 3.76. The number of nitrogens with one attached hydrogen (secondary N) is 1. The smallest absolute Gasteiger partial charge is 0.220 e. The molecule has 2 unspecified atom stereocenters. The lowest BCUT2D eigenvalue weighted by atomic mass is 10.1. The first-order chi connectivity index (χ1) is 29.7. The van der Waals surface area contributed by atoms with Crippen LogP contribution in [0.1, 0.15) is 168 Å². The van der Waals surface area contributed by atoms with Crippen molar-refractivity contribution in [1.82, 2.24) is 5.32 Å². The monoisotopic (exact) mass is 822 g/mol. The molecular formula is C56H87NO3. The molecular weight excluding hydrogens is 735 g/mol. The molecule has 0 radical (unpaired) electrons. The Morgan fingerprint density at radius 2 is 0.733 bits per heavy atom. The van der Waals surface area contributed by atoms with E-state index in [0.29, 0.717) is 6.42 Å². The third-order valence-corrected chi connectivity index (χ3v) is 9.52. The zero-order valence-corrected chi connectivity index (χ0v) is 38.1. The van der Waals surface area contributed by atoms with Gasteiger partial charge in [0.15, 0.2) is 0 Å². The average molecular weight is 822 g/mol. The van der Waals surface area contributed by atoms with Gasteiger partial charge in [-0.3, -0.25) is 4.79 Å². The van der Waals surface area contributed by atoms with Crippen molar-refractivity contribution in [3.8, 4) is 0 Å². The quantitative estimate of drug-likeness (QED) is 0.0426. The van der Waals surface area contributed by atoms with Crippen molar-refractivity contribution in [2.75, 3.05) is 6.61 Å². The van der Waals surface area contributed by atoms with E-state index < -0.39 is 12.1 Å². The molecule has 0 aromatic carbocycles. The van der Waals surface area contributed by atoms with E-state index in [4.69, 9.17) is 0 Å². The summed E-state index contributed by atoms with van der Waals surface area (Å²) in [6, 6.07) is -0.655. The van der Waals surface area contributed by atoms with Crippen molar-refractivity contribution in [3.05, 3.63) is 158 Å². The maximum atomic E-state index is 12.3. The molecule has 0 aliphatic heterocycles. The lowest BCUT2D eigenvalue weighted by Crippen LogP contribution is -2.45. The number of hydrogen-bond donors (Lipinski definition) is 3. The molecule has 3 N–H and O–H groups in total. The van der Waals surface area contributed by atoms with Crippen molar-refractivity contribution in [1.29, 1.82) is 0 Å². The fourth-order valence-corrected chi connectivity index (χ4v) is 5.92. The average Bonchev–Trinajstić information content (AvgIpc) is 3.25. The van der Waals surface area contributed by atoms with Gasteiger partial charge in [-0.1, -0.05) is 210 Å². The number of carbonyl (C=O) groups is 1. The van der Waals surface area contributed by atoms with Crippen molar-refractivity contribution >= 4 is 5.91 Å². The Morgan fingerprint density at radius 1 is 0.417 bits per heavy atom. The predicted octanol–water partition coefficient (Wildman–Crippen LogP) is 15.5. The molecule has 0 saturated carbocycles. The number of rotatable bonds is 40. The second kappa shape index (κ2) is 49.4. The highest BCUT2D eigenvalue weighted by Crippen LogP contribution is 2.10. The van der Waals surface area contributed by atoms with Gasteiger partial charge in [0.2, 0.25) is 5.91 Å². The first kappa shape index (κ1) is 56.0. The summed E-state index contributed by atoms with van der Waals surface area (Å²) in [6.07, 6.45) is 80.8. The molecule has 0 bridgehead atoms. The van der Waals surface area contributed by atoms with Crippen LogP contribution in [0.5, 0.6) is 0 Å². The Kier molecular flexibility index (Phi) is 46.1. The van der Waals surface area contributed by atoms with E-state index in [1.165, 1.54) is 38.5 Å². The second-order valence-electron chi connectivity index (χ2n) is 15.1. The van der Waals surface area contributed by atoms with E-state index in [1.54, 1.807) is 6.08 Å². The summed E-state index contributed by atoms with van der Waals surface area (Å²) in [7, 11) is 0. The van der Waals surface area contributed by atoms with Gasteiger partial charge < -0.3 is 15.5 Å². The van der Waals surface area contributed by atoms with E-state index in [9.17, 15) is 15.0 Å². The van der Waals surface area contributed by atoms with Gasteiger partial charge in [-0.2, -0.15) is 0 Å². The van der Waals surface area contributed by atoms with Crippen LogP contribution in [0.2, 0.25) is 0 Å². The van der Waals surface area contributed by atoms with E-state index in [0.717, 1.165) is 109 Å². The van der Waals surface area contributed by atoms with Gasteiger partial charge in [-0.25, -0.2) is 0 Å². The summed E-state index contributed by atoms with van der Waals surface area (Å²) in [4.78, 5) is 12.3. The van der Waals surface area contributed by atoms with Crippen molar-refractivity contribution in [2.45, 2.75) is 180 Å². The molecule has 0 heterocycles. The van der Waals surface area contributed by atoms with Gasteiger partial charge in [-0.15, -0.1) is 0 Å². The number of amides is 1. The zero-order chi connectivity index (χ0) is 43.5. The van der Waals surface area contributed by atoms with Gasteiger partial charge >= 0.3 is 0 Å². The molecule has 0 saturated heterocycles. The fraction of sp³-hybridized carbons (Fsp3) is 0.518. The summed E-state index contributed by atoms with van der Waals surface area (Å²) >= 11 is 0. The van der Waals surface area contributed by atoms with E-state index in [1.807, 2.05) is 6.08 Å². The number of aliphatic hydroxyl groups is 2. The van der Waals surface area contributed by atoms with Crippen molar-refractivity contribution in [2.24, 2.45) is 0 Å². The summed E-state index contributed by atoms with van der Waals surface area (Å²) in [5.74, 6) is -0.117. The maximum Gasteiger partial charge on any atom is 0.220 e. The molecule has 334 valence electrons. The highest BCUT2D eigenvalue weighted by molar-refractivity contribution is 5.76. The largest absolute Gasteiger partial charge is 0.394 e. The van der Waals surface area contributed by atoms with Crippen LogP contribution < -0.4 is 5.32 Å². The van der Waals surface area contributed by atoms with Crippen LogP contribution in [0.15, 0.2) is 158 Å². The molecule has 60 heavy (non-hydrogen) atoms. The molecule has 0 rings (SSSR count). The minimum atomic E-state index is -0.866. The third-order valence-electron chi connectivity index (χ3n) is 9.52. The number of carbonyl (C=O) groups excluding carboxylic acids is 1. The molecule has 1 amide bonds. The molecule has 2 atom stereocenters. The summed E-state index contributed by atoms with van der Waals surface area (Å²) < 4.78 is 0. The predicted molar refractivity (Wildman–Crippen MR) is 266 cm³/mol. The maximum absolute atomic E-state index is 12.3. The lowest BCUT2D eigenvalue weighted by molar-refractivity contribution is -0.123. The topological polar surface area (TPSA) is 69.6 Å². The summed E-state index contributed by atoms with van der Waals surface area (Å²) in [5.41, 5.74) is 0. The van der Waals surface area contributed by atoms with Crippen LogP contribution in [0, 0.1) is 0 Å². The molecule has 4 nitrogen and oxygen atoms in total. The fourth-order valence-electron chi connectivity index (χ4n) is 5.92. The third kappa shape index (κ3) is 45.1. The number of aliphatic hydroxyl groups excluding tert-OH is 2. The molecule has 0 aliphatic carbocycles. The Morgan fingerprint density at radius 3 is 1.10 bits per heavy atom. The van der Waals surface area contributed by atoms with E-state index >= 15 is 0 Å². The second-order valence-corrected chi connectivity index (χ2v) is 15.1.